The van der Waals surface area contributed by atoms with Gasteiger partial charge in [0.2, 0.25) is 0 Å². The maximum absolute atomic E-state index is 10.9. The molecule has 0 aromatic heterocycles. The molecule has 0 saturated carbocycles. The van der Waals surface area contributed by atoms with Crippen LogP contribution in [0.25, 0.3) is 0 Å². The van der Waals surface area contributed by atoms with Crippen LogP contribution in [0.3, 0.4) is 0 Å². The van der Waals surface area contributed by atoms with E-state index >= 15 is 0 Å². The van der Waals surface area contributed by atoms with Crippen molar-refractivity contribution in [1.29, 1.82) is 0 Å². The lowest BCUT2D eigenvalue weighted by Gasteiger charge is -2.33. The first-order valence-electron chi connectivity index (χ1n) is 5.26. The lowest BCUT2D eigenvalue weighted by molar-refractivity contribution is -0.144. The van der Waals surface area contributed by atoms with E-state index in [1.165, 1.54) is 0 Å². The zero-order valence-corrected chi connectivity index (χ0v) is 8.96. The Balaban J connectivity index is 2.41. The minimum Gasteiger partial charge on any atom is -0.481 e. The van der Waals surface area contributed by atoms with Gasteiger partial charge in [0.1, 0.15) is 0 Å². The van der Waals surface area contributed by atoms with E-state index in [0.29, 0.717) is 25.7 Å². The molecular formula is C9H18BNO4. The summed E-state index contributed by atoms with van der Waals surface area (Å²) in [6.07, 6.45) is 1.64. The van der Waals surface area contributed by atoms with Crippen LogP contribution >= 0.6 is 0 Å². The van der Waals surface area contributed by atoms with E-state index in [-0.39, 0.29) is 11.8 Å². The fourth-order valence-corrected chi connectivity index (χ4v) is 2.22. The molecule has 86 valence electrons. The predicted octanol–water partition coefficient (Wildman–Crippen LogP) is -0.498. The highest BCUT2D eigenvalue weighted by Gasteiger charge is 2.30. The van der Waals surface area contributed by atoms with Gasteiger partial charge in [0.15, 0.2) is 0 Å². The van der Waals surface area contributed by atoms with Gasteiger partial charge in [-0.15, -0.1) is 0 Å². The van der Waals surface area contributed by atoms with Gasteiger partial charge in [0, 0.05) is 13.1 Å². The minimum absolute atomic E-state index is 0.256. The molecule has 1 rings (SSSR count). The van der Waals surface area contributed by atoms with Crippen molar-refractivity contribution in [2.45, 2.75) is 19.2 Å². The summed E-state index contributed by atoms with van der Waals surface area (Å²) in [5, 5.41) is 26.4. The molecule has 3 N–H and O–H groups in total. The van der Waals surface area contributed by atoms with Gasteiger partial charge in [-0.2, -0.15) is 0 Å². The fraction of sp³-hybridized carbons (Fsp3) is 0.889. The lowest BCUT2D eigenvalue weighted by Crippen LogP contribution is -2.41. The maximum atomic E-state index is 10.9. The van der Waals surface area contributed by atoms with Crippen LogP contribution in [0.2, 0.25) is 6.32 Å². The number of carboxylic acids is 1. The van der Waals surface area contributed by atoms with Crippen molar-refractivity contribution in [3.63, 3.8) is 0 Å². The van der Waals surface area contributed by atoms with Crippen LogP contribution < -0.4 is 0 Å². The standard InChI is InChI=1S/C9H18BNO4/c1-11-5-7(2-3-10(14)15)4-8(6-11)9(12)13/h7-8,14-15H,2-6H2,1H3,(H,12,13)/t7?,8-/m0/s1. The maximum Gasteiger partial charge on any atom is 0.451 e. The Kier molecular flexibility index (Phi) is 4.57. The molecule has 0 aromatic rings. The SMILES string of the molecule is CN1CC(CCB(O)O)C[C@H](C(=O)O)C1. The minimum atomic E-state index is -1.28. The van der Waals surface area contributed by atoms with Gasteiger partial charge in [-0.3, -0.25) is 4.79 Å². The van der Waals surface area contributed by atoms with Crippen LogP contribution in [0.5, 0.6) is 0 Å². The Morgan fingerprint density at radius 2 is 2.13 bits per heavy atom. The van der Waals surface area contributed by atoms with Crippen LogP contribution in [0.15, 0.2) is 0 Å². The molecule has 1 saturated heterocycles. The molecule has 0 amide bonds. The summed E-state index contributed by atoms with van der Waals surface area (Å²) in [6, 6.07) is 0. The number of hydrogen-bond acceptors (Lipinski definition) is 4. The van der Waals surface area contributed by atoms with E-state index in [1.807, 2.05) is 11.9 Å². The number of rotatable bonds is 4. The van der Waals surface area contributed by atoms with Crippen molar-refractivity contribution in [3.8, 4) is 0 Å². The topological polar surface area (TPSA) is 81.0 Å². The summed E-state index contributed by atoms with van der Waals surface area (Å²) in [7, 11) is 0.623. The van der Waals surface area contributed by atoms with Gasteiger partial charge in [0.05, 0.1) is 5.92 Å². The molecule has 15 heavy (non-hydrogen) atoms. The van der Waals surface area contributed by atoms with Gasteiger partial charge in [-0.25, -0.2) is 0 Å². The number of likely N-dealkylation sites (tertiary alicyclic amines) is 1. The smallest absolute Gasteiger partial charge is 0.451 e. The number of piperidine rings is 1. The number of carbonyl (C=O) groups is 1. The second kappa shape index (κ2) is 5.49. The third-order valence-electron chi connectivity index (χ3n) is 2.90. The van der Waals surface area contributed by atoms with Gasteiger partial charge >= 0.3 is 13.1 Å². The average Bonchev–Trinajstić information content (AvgIpc) is 2.13. The highest BCUT2D eigenvalue weighted by atomic mass is 16.4. The number of carboxylic acid groups (broad SMARTS) is 1. The van der Waals surface area contributed by atoms with Crippen molar-refractivity contribution in [3.05, 3.63) is 0 Å². The van der Waals surface area contributed by atoms with Gasteiger partial charge in [-0.1, -0.05) is 6.42 Å². The monoisotopic (exact) mass is 215 g/mol. The lowest BCUT2D eigenvalue weighted by atomic mass is 9.77. The van der Waals surface area contributed by atoms with Gasteiger partial charge < -0.3 is 20.1 Å². The normalized spacial score (nSPS) is 27.7. The molecule has 0 aromatic carbocycles. The summed E-state index contributed by atoms with van der Waals surface area (Å²) < 4.78 is 0. The third kappa shape index (κ3) is 4.19. The first kappa shape index (κ1) is 12.5. The summed E-state index contributed by atoms with van der Waals surface area (Å²) >= 11 is 0. The van der Waals surface area contributed by atoms with Crippen LogP contribution in [-0.4, -0.2) is 53.3 Å². The van der Waals surface area contributed by atoms with Gasteiger partial charge in [-0.05, 0) is 25.7 Å². The van der Waals surface area contributed by atoms with Crippen molar-refractivity contribution in [2.24, 2.45) is 11.8 Å². The highest BCUT2D eigenvalue weighted by molar-refractivity contribution is 6.40. The molecule has 1 aliphatic heterocycles. The summed E-state index contributed by atoms with van der Waals surface area (Å²) in [6.45, 7) is 1.43. The van der Waals surface area contributed by atoms with Crippen molar-refractivity contribution >= 4 is 13.1 Å². The number of aliphatic carboxylic acids is 1. The second-order valence-corrected chi connectivity index (χ2v) is 4.42. The average molecular weight is 215 g/mol. The predicted molar refractivity (Wildman–Crippen MR) is 56.3 cm³/mol. The van der Waals surface area contributed by atoms with Crippen LogP contribution in [-0.2, 0) is 4.79 Å². The molecule has 0 aliphatic carbocycles. The Morgan fingerprint density at radius 1 is 1.47 bits per heavy atom. The zero-order chi connectivity index (χ0) is 11.4. The Morgan fingerprint density at radius 3 is 2.67 bits per heavy atom. The van der Waals surface area contributed by atoms with Crippen LogP contribution in [0.4, 0.5) is 0 Å². The van der Waals surface area contributed by atoms with Crippen LogP contribution in [0.1, 0.15) is 12.8 Å². The second-order valence-electron chi connectivity index (χ2n) is 4.42. The molecule has 0 bridgehead atoms. The molecular weight excluding hydrogens is 197 g/mol. The van der Waals surface area contributed by atoms with E-state index in [0.717, 1.165) is 6.54 Å². The van der Waals surface area contributed by atoms with E-state index < -0.39 is 13.1 Å². The van der Waals surface area contributed by atoms with Gasteiger partial charge in [0.25, 0.3) is 0 Å². The summed E-state index contributed by atoms with van der Waals surface area (Å²) in [5.41, 5.74) is 0. The quantitative estimate of drug-likeness (QED) is 0.551. The molecule has 0 radical (unpaired) electrons. The van der Waals surface area contributed by atoms with E-state index in [2.05, 4.69) is 0 Å². The van der Waals surface area contributed by atoms with Crippen LogP contribution in [0, 0.1) is 11.8 Å². The Labute approximate surface area is 89.8 Å². The molecule has 1 unspecified atom stereocenters. The molecule has 5 nitrogen and oxygen atoms in total. The molecule has 6 heteroatoms. The summed E-state index contributed by atoms with van der Waals surface area (Å²) in [4.78, 5) is 12.9. The Bertz CT molecular complexity index is 224. The molecule has 2 atom stereocenters. The summed E-state index contributed by atoms with van der Waals surface area (Å²) in [5.74, 6) is -0.813. The fourth-order valence-electron chi connectivity index (χ4n) is 2.22. The zero-order valence-electron chi connectivity index (χ0n) is 8.96. The number of nitrogens with zero attached hydrogens (tertiary/aromatic N) is 1. The number of hydrogen-bond donors (Lipinski definition) is 3. The first-order chi connectivity index (χ1) is 6.99. The van der Waals surface area contributed by atoms with E-state index in [4.69, 9.17) is 15.2 Å². The van der Waals surface area contributed by atoms with E-state index in [1.54, 1.807) is 0 Å². The van der Waals surface area contributed by atoms with Crippen molar-refractivity contribution in [2.75, 3.05) is 20.1 Å². The first-order valence-corrected chi connectivity index (χ1v) is 5.26. The molecule has 1 aliphatic rings. The molecule has 0 spiro atoms. The molecule has 1 fully saturated rings. The van der Waals surface area contributed by atoms with Crippen molar-refractivity contribution < 1.29 is 19.9 Å². The molecule has 1 heterocycles. The van der Waals surface area contributed by atoms with E-state index in [9.17, 15) is 4.79 Å². The largest absolute Gasteiger partial charge is 0.481 e. The van der Waals surface area contributed by atoms with Crippen molar-refractivity contribution in [1.82, 2.24) is 4.90 Å². The third-order valence-corrected chi connectivity index (χ3v) is 2.90. The Hall–Kier alpha value is -0.585. The highest BCUT2D eigenvalue weighted by Crippen LogP contribution is 2.25.